The number of halogens is 1. The molecule has 3 rings (SSSR count). The average Bonchev–Trinajstić information content (AvgIpc) is 2.64. The number of anilines is 1. The van der Waals surface area contributed by atoms with Gasteiger partial charge in [0.2, 0.25) is 0 Å². The second kappa shape index (κ2) is 8.01. The zero-order chi connectivity index (χ0) is 17.6. The van der Waals surface area contributed by atoms with Gasteiger partial charge < -0.3 is 15.1 Å². The molecule has 0 aliphatic carbocycles. The highest BCUT2D eigenvalue weighted by Gasteiger charge is 2.22. The van der Waals surface area contributed by atoms with Crippen LogP contribution in [0.1, 0.15) is 11.1 Å². The molecule has 132 valence electrons. The molecule has 1 heterocycles. The van der Waals surface area contributed by atoms with Crippen molar-refractivity contribution >= 4 is 11.7 Å². The molecule has 2 aromatic carbocycles. The molecule has 1 aliphatic heterocycles. The Bertz CT molecular complexity index is 726. The highest BCUT2D eigenvalue weighted by atomic mass is 19.1. The van der Waals surface area contributed by atoms with Crippen molar-refractivity contribution in [1.82, 2.24) is 10.2 Å². The third-order valence-corrected chi connectivity index (χ3v) is 4.69. The molecule has 1 aliphatic rings. The summed E-state index contributed by atoms with van der Waals surface area (Å²) in [6, 6.07) is 15.0. The maximum absolute atomic E-state index is 13.9. The van der Waals surface area contributed by atoms with E-state index in [0.29, 0.717) is 38.4 Å². The summed E-state index contributed by atoms with van der Waals surface area (Å²) in [5.74, 6) is -0.210. The maximum Gasteiger partial charge on any atom is 0.317 e. The summed E-state index contributed by atoms with van der Waals surface area (Å²) in [6.07, 6.45) is 0.827. The first-order chi connectivity index (χ1) is 12.1. The topological polar surface area (TPSA) is 35.6 Å². The van der Waals surface area contributed by atoms with Gasteiger partial charge in [0, 0.05) is 32.7 Å². The number of amides is 2. The number of para-hydroxylation sites is 1. The average molecular weight is 341 g/mol. The SMILES string of the molecule is Cc1ccccc1CCNC(=O)N1CCN(c2ccccc2F)CC1. The third-order valence-electron chi connectivity index (χ3n) is 4.69. The second-order valence-corrected chi connectivity index (χ2v) is 6.33. The van der Waals surface area contributed by atoms with Gasteiger partial charge in [-0.2, -0.15) is 0 Å². The molecule has 5 heteroatoms. The van der Waals surface area contributed by atoms with Crippen molar-refractivity contribution in [3.8, 4) is 0 Å². The minimum Gasteiger partial charge on any atom is -0.366 e. The molecule has 1 saturated heterocycles. The number of piperazine rings is 1. The van der Waals surface area contributed by atoms with Gasteiger partial charge in [-0.1, -0.05) is 36.4 Å². The maximum atomic E-state index is 13.9. The minimum atomic E-state index is -0.210. The van der Waals surface area contributed by atoms with E-state index in [1.54, 1.807) is 17.0 Å². The van der Waals surface area contributed by atoms with Crippen LogP contribution in [0, 0.1) is 12.7 Å². The van der Waals surface area contributed by atoms with Gasteiger partial charge in [-0.25, -0.2) is 9.18 Å². The highest BCUT2D eigenvalue weighted by Crippen LogP contribution is 2.20. The first kappa shape index (κ1) is 17.3. The number of rotatable bonds is 4. The van der Waals surface area contributed by atoms with E-state index in [9.17, 15) is 9.18 Å². The Labute approximate surface area is 148 Å². The molecule has 0 atom stereocenters. The molecule has 4 nitrogen and oxygen atoms in total. The molecule has 0 unspecified atom stereocenters. The van der Waals surface area contributed by atoms with E-state index >= 15 is 0 Å². The van der Waals surface area contributed by atoms with Gasteiger partial charge >= 0.3 is 6.03 Å². The van der Waals surface area contributed by atoms with Crippen molar-refractivity contribution in [1.29, 1.82) is 0 Å². The number of aryl methyl sites for hydroxylation is 1. The molecule has 25 heavy (non-hydrogen) atoms. The number of benzene rings is 2. The zero-order valence-electron chi connectivity index (χ0n) is 14.5. The summed E-state index contributed by atoms with van der Waals surface area (Å²) in [5, 5.41) is 2.99. The standard InChI is InChI=1S/C20H24FN3O/c1-16-6-2-3-7-17(16)10-11-22-20(25)24-14-12-23(13-15-24)19-9-5-4-8-18(19)21/h2-9H,10-15H2,1H3,(H,22,25). The highest BCUT2D eigenvalue weighted by molar-refractivity contribution is 5.74. The Hall–Kier alpha value is -2.56. The van der Waals surface area contributed by atoms with E-state index in [0.717, 1.165) is 6.42 Å². The number of nitrogens with zero attached hydrogens (tertiary/aromatic N) is 2. The molecule has 2 amide bonds. The van der Waals surface area contributed by atoms with Crippen molar-refractivity contribution in [2.75, 3.05) is 37.6 Å². The van der Waals surface area contributed by atoms with Crippen LogP contribution in [-0.2, 0) is 6.42 Å². The van der Waals surface area contributed by atoms with Gasteiger partial charge in [-0.3, -0.25) is 0 Å². The quantitative estimate of drug-likeness (QED) is 0.927. The molecule has 0 saturated carbocycles. The van der Waals surface area contributed by atoms with E-state index in [2.05, 4.69) is 24.4 Å². The minimum absolute atomic E-state index is 0.0400. The van der Waals surface area contributed by atoms with Crippen LogP contribution >= 0.6 is 0 Å². The summed E-state index contributed by atoms with van der Waals surface area (Å²) < 4.78 is 13.9. The fourth-order valence-corrected chi connectivity index (χ4v) is 3.17. The molecule has 1 fully saturated rings. The van der Waals surface area contributed by atoms with Crippen LogP contribution in [0.25, 0.3) is 0 Å². The molecule has 0 bridgehead atoms. The number of urea groups is 1. The van der Waals surface area contributed by atoms with E-state index in [1.807, 2.05) is 23.1 Å². The lowest BCUT2D eigenvalue weighted by molar-refractivity contribution is 0.194. The van der Waals surface area contributed by atoms with Crippen molar-refractivity contribution in [2.24, 2.45) is 0 Å². The van der Waals surface area contributed by atoms with Crippen LogP contribution in [-0.4, -0.2) is 43.7 Å². The molecule has 0 aromatic heterocycles. The summed E-state index contributed by atoms with van der Waals surface area (Å²) in [7, 11) is 0. The fraction of sp³-hybridized carbons (Fsp3) is 0.350. The van der Waals surface area contributed by atoms with Gasteiger partial charge in [0.25, 0.3) is 0 Å². The summed E-state index contributed by atoms with van der Waals surface area (Å²) in [4.78, 5) is 16.1. The summed E-state index contributed by atoms with van der Waals surface area (Å²) in [5.41, 5.74) is 3.12. The third kappa shape index (κ3) is 4.29. The fourth-order valence-electron chi connectivity index (χ4n) is 3.17. The molecule has 2 aromatic rings. The Morgan fingerprint density at radius 1 is 1.04 bits per heavy atom. The van der Waals surface area contributed by atoms with E-state index < -0.39 is 0 Å². The predicted octanol–water partition coefficient (Wildman–Crippen LogP) is 3.21. The van der Waals surface area contributed by atoms with Crippen LogP contribution in [0.4, 0.5) is 14.9 Å². The van der Waals surface area contributed by atoms with E-state index in [-0.39, 0.29) is 11.8 Å². The monoisotopic (exact) mass is 341 g/mol. The number of nitrogens with one attached hydrogen (secondary N) is 1. The summed E-state index contributed by atoms with van der Waals surface area (Å²) in [6.45, 7) is 5.20. The Morgan fingerprint density at radius 3 is 2.44 bits per heavy atom. The van der Waals surface area contributed by atoms with Gasteiger partial charge in [-0.05, 0) is 36.6 Å². The second-order valence-electron chi connectivity index (χ2n) is 6.33. The van der Waals surface area contributed by atoms with Crippen LogP contribution in [0.5, 0.6) is 0 Å². The first-order valence-corrected chi connectivity index (χ1v) is 8.72. The van der Waals surface area contributed by atoms with Crippen LogP contribution in [0.15, 0.2) is 48.5 Å². The van der Waals surface area contributed by atoms with Gasteiger partial charge in [0.05, 0.1) is 5.69 Å². The molecular weight excluding hydrogens is 317 g/mol. The van der Waals surface area contributed by atoms with Crippen molar-refractivity contribution < 1.29 is 9.18 Å². The van der Waals surface area contributed by atoms with Gasteiger partial charge in [0.15, 0.2) is 0 Å². The van der Waals surface area contributed by atoms with E-state index in [4.69, 9.17) is 0 Å². The first-order valence-electron chi connectivity index (χ1n) is 8.72. The van der Waals surface area contributed by atoms with Gasteiger partial charge in [0.1, 0.15) is 5.82 Å². The molecule has 0 radical (unpaired) electrons. The lowest BCUT2D eigenvalue weighted by atomic mass is 10.1. The van der Waals surface area contributed by atoms with Gasteiger partial charge in [-0.15, -0.1) is 0 Å². The summed E-state index contributed by atoms with van der Waals surface area (Å²) >= 11 is 0. The molecule has 0 spiro atoms. The van der Waals surface area contributed by atoms with E-state index in [1.165, 1.54) is 17.2 Å². The van der Waals surface area contributed by atoms with Crippen LogP contribution in [0.2, 0.25) is 0 Å². The largest absolute Gasteiger partial charge is 0.366 e. The molecular formula is C20H24FN3O. The number of hydrogen-bond donors (Lipinski definition) is 1. The van der Waals surface area contributed by atoms with Crippen LogP contribution in [0.3, 0.4) is 0 Å². The Kier molecular flexibility index (Phi) is 5.53. The number of carbonyl (C=O) groups is 1. The lowest BCUT2D eigenvalue weighted by Gasteiger charge is -2.36. The zero-order valence-corrected chi connectivity index (χ0v) is 14.5. The molecule has 1 N–H and O–H groups in total. The normalized spacial score (nSPS) is 14.5. The van der Waals surface area contributed by atoms with Crippen molar-refractivity contribution in [3.63, 3.8) is 0 Å². The van der Waals surface area contributed by atoms with Crippen molar-refractivity contribution in [2.45, 2.75) is 13.3 Å². The Balaban J connectivity index is 1.46. The lowest BCUT2D eigenvalue weighted by Crippen LogP contribution is -2.52. The van der Waals surface area contributed by atoms with Crippen LogP contribution < -0.4 is 10.2 Å². The Morgan fingerprint density at radius 2 is 1.72 bits per heavy atom. The number of hydrogen-bond acceptors (Lipinski definition) is 2. The van der Waals surface area contributed by atoms with Crippen molar-refractivity contribution in [3.05, 3.63) is 65.5 Å². The number of carbonyl (C=O) groups excluding carboxylic acids is 1. The smallest absolute Gasteiger partial charge is 0.317 e. The predicted molar refractivity (Wildman–Crippen MR) is 98.5 cm³/mol.